The lowest BCUT2D eigenvalue weighted by Gasteiger charge is -2.16. The van der Waals surface area contributed by atoms with E-state index in [-0.39, 0.29) is 16.7 Å². The van der Waals surface area contributed by atoms with E-state index in [1.54, 1.807) is 0 Å². The van der Waals surface area contributed by atoms with Crippen LogP contribution in [-0.2, 0) is 5.41 Å². The van der Waals surface area contributed by atoms with Crippen molar-refractivity contribution in [2.45, 2.75) is 26.2 Å². The van der Waals surface area contributed by atoms with Crippen LogP contribution in [0.1, 0.15) is 41.7 Å². The van der Waals surface area contributed by atoms with Crippen molar-refractivity contribution >= 4 is 23.1 Å². The minimum absolute atomic E-state index is 0.0677. The molecule has 0 spiro atoms. The average Bonchev–Trinajstić information content (AvgIpc) is 2.90. The van der Waals surface area contributed by atoms with Gasteiger partial charge in [-0.15, -0.1) is 5.10 Å². The molecule has 1 amide bonds. The number of hydrogen-bond acceptors (Lipinski definition) is 5. The number of rotatable bonds is 2. The molecule has 2 rings (SSSR count). The number of halogens is 1. The van der Waals surface area contributed by atoms with Gasteiger partial charge in [-0.3, -0.25) is 4.79 Å². The zero-order valence-corrected chi connectivity index (χ0v) is 12.6. The van der Waals surface area contributed by atoms with Crippen molar-refractivity contribution in [3.8, 4) is 6.07 Å². The molecule has 0 radical (unpaired) electrons. The van der Waals surface area contributed by atoms with E-state index in [0.717, 1.165) is 17.6 Å². The number of anilines is 1. The summed E-state index contributed by atoms with van der Waals surface area (Å²) in [4.78, 5) is 12.7. The number of amides is 1. The number of aromatic nitrogens is 2. The molecule has 0 aliphatic rings. The Morgan fingerprint density at radius 2 is 2.14 bits per heavy atom. The lowest BCUT2D eigenvalue weighted by molar-refractivity contribution is 0.102. The minimum Gasteiger partial charge on any atom is -0.320 e. The van der Waals surface area contributed by atoms with Crippen LogP contribution in [0, 0.1) is 17.1 Å². The van der Waals surface area contributed by atoms with E-state index in [2.05, 4.69) is 14.9 Å². The molecule has 1 N–H and O–H groups in total. The molecule has 5 nitrogen and oxygen atoms in total. The summed E-state index contributed by atoms with van der Waals surface area (Å²) in [6.45, 7) is 5.79. The molecule has 0 atom stereocenters. The molecule has 0 unspecified atom stereocenters. The molecule has 0 bridgehead atoms. The van der Waals surface area contributed by atoms with Gasteiger partial charge in [-0.25, -0.2) is 4.39 Å². The average molecular weight is 304 g/mol. The number of carbonyl (C=O) groups is 1. The van der Waals surface area contributed by atoms with Crippen molar-refractivity contribution in [3.63, 3.8) is 0 Å². The summed E-state index contributed by atoms with van der Waals surface area (Å²) < 4.78 is 16.9. The quantitative estimate of drug-likeness (QED) is 0.924. The monoisotopic (exact) mass is 304 g/mol. The molecule has 0 aliphatic heterocycles. The topological polar surface area (TPSA) is 78.7 Å². The summed E-state index contributed by atoms with van der Waals surface area (Å²) in [6.07, 6.45) is 0. The molecule has 1 aromatic heterocycles. The van der Waals surface area contributed by atoms with Crippen LogP contribution < -0.4 is 5.32 Å². The first-order valence-corrected chi connectivity index (χ1v) is 6.94. The van der Waals surface area contributed by atoms with Gasteiger partial charge in [0.05, 0.1) is 16.9 Å². The van der Waals surface area contributed by atoms with Gasteiger partial charge in [0.25, 0.3) is 5.91 Å². The number of nitrogens with one attached hydrogen (secondary N) is 1. The highest BCUT2D eigenvalue weighted by molar-refractivity contribution is 7.08. The van der Waals surface area contributed by atoms with Crippen molar-refractivity contribution in [1.29, 1.82) is 5.26 Å². The Hall–Kier alpha value is -2.33. The normalized spacial score (nSPS) is 11.0. The fourth-order valence-electron chi connectivity index (χ4n) is 1.73. The van der Waals surface area contributed by atoms with E-state index in [1.807, 2.05) is 26.8 Å². The van der Waals surface area contributed by atoms with E-state index in [9.17, 15) is 9.18 Å². The lowest BCUT2D eigenvalue weighted by atomic mass is 9.91. The Labute approximate surface area is 125 Å². The fraction of sp³-hybridized carbons (Fsp3) is 0.286. The SMILES string of the molecule is CC(C)(C)c1nnsc1C(=O)Nc1ccc(F)cc1C#N. The number of nitrogens with zero attached hydrogens (tertiary/aromatic N) is 3. The first-order valence-electron chi connectivity index (χ1n) is 6.17. The van der Waals surface area contributed by atoms with Crippen molar-refractivity contribution in [2.24, 2.45) is 0 Å². The Morgan fingerprint density at radius 3 is 2.76 bits per heavy atom. The summed E-state index contributed by atoms with van der Waals surface area (Å²) in [7, 11) is 0. The molecule has 2 aromatic rings. The van der Waals surface area contributed by atoms with Crippen molar-refractivity contribution < 1.29 is 9.18 Å². The van der Waals surface area contributed by atoms with Crippen LogP contribution in [0.5, 0.6) is 0 Å². The number of hydrogen-bond donors (Lipinski definition) is 1. The Kier molecular flexibility index (Phi) is 4.00. The largest absolute Gasteiger partial charge is 0.320 e. The van der Waals surface area contributed by atoms with Gasteiger partial charge in [0.1, 0.15) is 16.8 Å². The van der Waals surface area contributed by atoms with E-state index in [0.29, 0.717) is 10.6 Å². The van der Waals surface area contributed by atoms with Gasteiger partial charge >= 0.3 is 0 Å². The van der Waals surface area contributed by atoms with Gasteiger partial charge < -0.3 is 5.32 Å². The zero-order valence-electron chi connectivity index (χ0n) is 11.8. The lowest BCUT2D eigenvalue weighted by Crippen LogP contribution is -2.20. The van der Waals surface area contributed by atoms with Crippen LogP contribution in [0.15, 0.2) is 18.2 Å². The third-order valence-electron chi connectivity index (χ3n) is 2.75. The second-order valence-electron chi connectivity index (χ2n) is 5.46. The summed E-state index contributed by atoms with van der Waals surface area (Å²) in [5, 5.41) is 15.6. The van der Waals surface area contributed by atoms with Gasteiger partial charge in [-0.2, -0.15) is 5.26 Å². The van der Waals surface area contributed by atoms with Crippen LogP contribution in [0.3, 0.4) is 0 Å². The van der Waals surface area contributed by atoms with E-state index in [1.165, 1.54) is 12.1 Å². The Balaban J connectivity index is 2.32. The third kappa shape index (κ3) is 3.23. The summed E-state index contributed by atoms with van der Waals surface area (Å²) in [6, 6.07) is 5.47. The zero-order chi connectivity index (χ0) is 15.6. The third-order valence-corrected chi connectivity index (χ3v) is 3.48. The van der Waals surface area contributed by atoms with Crippen LogP contribution in [-0.4, -0.2) is 15.5 Å². The maximum Gasteiger partial charge on any atom is 0.269 e. The molecule has 21 heavy (non-hydrogen) atoms. The van der Waals surface area contributed by atoms with Crippen LogP contribution >= 0.6 is 11.5 Å². The standard InChI is InChI=1S/C14H13FN4OS/c1-14(2,3)12-11(21-19-18-12)13(20)17-10-5-4-9(15)6-8(10)7-16/h4-6H,1-3H3,(H,17,20). The molecule has 7 heteroatoms. The molecule has 1 aromatic carbocycles. The highest BCUT2D eigenvalue weighted by atomic mass is 32.1. The molecular formula is C14H13FN4OS. The van der Waals surface area contributed by atoms with Gasteiger partial charge in [-0.05, 0) is 29.7 Å². The molecule has 1 heterocycles. The van der Waals surface area contributed by atoms with Gasteiger partial charge in [0, 0.05) is 5.41 Å². The number of carbonyl (C=O) groups excluding carboxylic acids is 1. The van der Waals surface area contributed by atoms with Crippen molar-refractivity contribution in [2.75, 3.05) is 5.32 Å². The van der Waals surface area contributed by atoms with E-state index in [4.69, 9.17) is 5.26 Å². The van der Waals surface area contributed by atoms with Gasteiger partial charge in [0.2, 0.25) is 0 Å². The smallest absolute Gasteiger partial charge is 0.269 e. The maximum atomic E-state index is 13.1. The van der Waals surface area contributed by atoms with Crippen LogP contribution in [0.25, 0.3) is 0 Å². The van der Waals surface area contributed by atoms with Gasteiger partial charge in [-0.1, -0.05) is 25.3 Å². The highest BCUT2D eigenvalue weighted by Gasteiger charge is 2.26. The molecule has 0 fully saturated rings. The highest BCUT2D eigenvalue weighted by Crippen LogP contribution is 2.27. The number of benzene rings is 1. The Bertz CT molecular complexity index is 727. The second kappa shape index (κ2) is 5.58. The Morgan fingerprint density at radius 1 is 1.43 bits per heavy atom. The molecule has 0 saturated heterocycles. The summed E-state index contributed by atoms with van der Waals surface area (Å²) >= 11 is 0.990. The van der Waals surface area contributed by atoms with Crippen molar-refractivity contribution in [1.82, 2.24) is 9.59 Å². The molecule has 0 aliphatic carbocycles. The predicted molar refractivity (Wildman–Crippen MR) is 77.7 cm³/mol. The molecule has 108 valence electrons. The maximum absolute atomic E-state index is 13.1. The van der Waals surface area contributed by atoms with Crippen LogP contribution in [0.4, 0.5) is 10.1 Å². The number of nitriles is 1. The fourth-order valence-corrected chi connectivity index (χ4v) is 2.50. The first-order chi connectivity index (χ1) is 9.82. The summed E-state index contributed by atoms with van der Waals surface area (Å²) in [5.41, 5.74) is 0.599. The predicted octanol–water partition coefficient (Wildman–Crippen LogP) is 3.10. The molecule has 0 saturated carbocycles. The second-order valence-corrected chi connectivity index (χ2v) is 6.21. The minimum atomic E-state index is -0.528. The van der Waals surface area contributed by atoms with E-state index >= 15 is 0 Å². The van der Waals surface area contributed by atoms with Crippen molar-refractivity contribution in [3.05, 3.63) is 40.2 Å². The van der Waals surface area contributed by atoms with E-state index < -0.39 is 11.7 Å². The first kappa shape index (κ1) is 15.1. The molecular weight excluding hydrogens is 291 g/mol. The summed E-state index contributed by atoms with van der Waals surface area (Å²) in [5.74, 6) is -0.933. The van der Waals surface area contributed by atoms with Crippen LogP contribution in [0.2, 0.25) is 0 Å². The van der Waals surface area contributed by atoms with Gasteiger partial charge in [0.15, 0.2) is 0 Å².